The molecular formula is H3Cl4NPb. The van der Waals surface area contributed by atoms with E-state index in [0.717, 1.165) is 0 Å². The van der Waals surface area contributed by atoms with E-state index in [1.54, 1.807) is 0 Å². The molecule has 0 fully saturated rings. The standard InChI is InChI=1S/4ClH.H3N.Pb/h4*1H;1H3;/q;;;;;+4/p-4. The molecule has 0 unspecified atom stereocenters. The van der Waals surface area contributed by atoms with Gasteiger partial charge in [-0.15, -0.1) is 0 Å². The molecule has 0 aliphatic carbocycles. The Labute approximate surface area is 55.0 Å². The Kier molecular flexibility index (Phi) is 7.24. The average molecular weight is 366 g/mol. The average Bonchev–Trinajstić information content (AvgIpc) is 0.722. The van der Waals surface area contributed by atoms with Crippen molar-refractivity contribution in [1.82, 2.24) is 6.15 Å². The molecule has 0 atom stereocenters. The van der Waals surface area contributed by atoms with Gasteiger partial charge < -0.3 is 6.15 Å². The first-order chi connectivity index (χ1) is 2.00. The molecule has 0 radical (unpaired) electrons. The molecule has 3 N–H and O–H groups in total. The quantitative estimate of drug-likeness (QED) is 0.658. The first kappa shape index (κ1) is 10.9. The van der Waals surface area contributed by atoms with Gasteiger partial charge in [0.1, 0.15) is 0 Å². The van der Waals surface area contributed by atoms with E-state index in [1.165, 1.54) is 0 Å². The summed E-state index contributed by atoms with van der Waals surface area (Å²) in [5, 5.41) is 0. The van der Waals surface area contributed by atoms with Crippen molar-refractivity contribution in [3.63, 3.8) is 0 Å². The Hall–Kier alpha value is 2.04. The van der Waals surface area contributed by atoms with Crippen LogP contribution in [-0.4, -0.2) is 16.3 Å². The van der Waals surface area contributed by atoms with Crippen molar-refractivity contribution in [1.29, 1.82) is 0 Å². The molecule has 0 amide bonds. The number of hydrogen-bond donors (Lipinski definition) is 1. The minimum atomic E-state index is -3.39. The zero-order valence-corrected chi connectivity index (χ0v) is 9.63. The monoisotopic (exact) mass is 365 g/mol. The van der Waals surface area contributed by atoms with Crippen LogP contribution >= 0.6 is 33.3 Å². The number of hydrogen-bond acceptors (Lipinski definition) is 1. The summed E-state index contributed by atoms with van der Waals surface area (Å²) < 4.78 is 0. The molecule has 0 saturated carbocycles. The van der Waals surface area contributed by atoms with Crippen LogP contribution in [0.25, 0.3) is 0 Å². The van der Waals surface area contributed by atoms with Gasteiger partial charge in [-0.3, -0.25) is 0 Å². The van der Waals surface area contributed by atoms with E-state index in [0.29, 0.717) is 0 Å². The fourth-order valence-electron chi connectivity index (χ4n) is 0. The molecular weight excluding hydrogens is 363 g/mol. The van der Waals surface area contributed by atoms with Crippen LogP contribution in [-0.2, 0) is 0 Å². The predicted octanol–water partition coefficient (Wildman–Crippen LogP) is 2.54. The zero-order valence-electron chi connectivity index (χ0n) is 2.72. The molecule has 0 spiro atoms. The third kappa shape index (κ3) is 36.8. The zero-order chi connectivity index (χ0) is 4.50. The summed E-state index contributed by atoms with van der Waals surface area (Å²) >= 11 is -3.39. The third-order valence-corrected chi connectivity index (χ3v) is 0. The van der Waals surface area contributed by atoms with E-state index in [1.807, 2.05) is 0 Å². The second kappa shape index (κ2) is 3.97. The Morgan fingerprint density at radius 1 is 0.833 bits per heavy atom. The van der Waals surface area contributed by atoms with Crippen molar-refractivity contribution in [2.45, 2.75) is 0 Å². The Bertz CT molecular complexity index is 23.0. The molecule has 0 aromatic heterocycles. The topological polar surface area (TPSA) is 35.0 Å². The molecule has 0 aliphatic rings. The van der Waals surface area contributed by atoms with Gasteiger partial charge in [0.05, 0.1) is 0 Å². The SMILES string of the molecule is N.[Cl][Pb]([Cl])([Cl])[Cl]. The number of rotatable bonds is 0. The van der Waals surface area contributed by atoms with Crippen molar-refractivity contribution in [3.05, 3.63) is 0 Å². The Balaban J connectivity index is 0. The van der Waals surface area contributed by atoms with Gasteiger partial charge in [-0.25, -0.2) is 0 Å². The van der Waals surface area contributed by atoms with E-state index in [-0.39, 0.29) is 6.15 Å². The predicted molar refractivity (Wildman–Crippen MR) is 34.2 cm³/mol. The van der Waals surface area contributed by atoms with Gasteiger partial charge in [-0.1, -0.05) is 0 Å². The molecule has 0 aliphatic heterocycles. The molecule has 0 aromatic carbocycles. The molecule has 0 bridgehead atoms. The summed E-state index contributed by atoms with van der Waals surface area (Å²) in [6.07, 6.45) is 0. The Morgan fingerprint density at radius 3 is 0.833 bits per heavy atom. The van der Waals surface area contributed by atoms with Crippen molar-refractivity contribution in [2.24, 2.45) is 0 Å². The first-order valence-electron chi connectivity index (χ1n) is 0.756. The normalized spacial score (nSPS) is 10.0. The first-order valence-corrected chi connectivity index (χ1v) is 19.9. The molecule has 0 saturated heterocycles. The van der Waals surface area contributed by atoms with Crippen LogP contribution in [0.4, 0.5) is 0 Å². The van der Waals surface area contributed by atoms with Crippen LogP contribution in [0, 0.1) is 0 Å². The van der Waals surface area contributed by atoms with Crippen molar-refractivity contribution >= 4 is 49.5 Å². The van der Waals surface area contributed by atoms with Gasteiger partial charge in [-0.05, 0) is 0 Å². The molecule has 0 heterocycles. The maximum atomic E-state index is 5.05. The summed E-state index contributed by atoms with van der Waals surface area (Å²) in [5.74, 6) is 0. The summed E-state index contributed by atoms with van der Waals surface area (Å²) in [4.78, 5) is 0. The fourth-order valence-corrected chi connectivity index (χ4v) is 0. The van der Waals surface area contributed by atoms with E-state index in [9.17, 15) is 0 Å². The van der Waals surface area contributed by atoms with Crippen molar-refractivity contribution in [2.75, 3.05) is 0 Å². The summed E-state index contributed by atoms with van der Waals surface area (Å²) in [5.41, 5.74) is 0. The molecule has 1 nitrogen and oxygen atoms in total. The van der Waals surface area contributed by atoms with E-state index >= 15 is 0 Å². The fraction of sp³-hybridized carbons (Fsp3) is 0. The van der Waals surface area contributed by atoms with Gasteiger partial charge in [0.2, 0.25) is 0 Å². The van der Waals surface area contributed by atoms with Gasteiger partial charge in [0, 0.05) is 0 Å². The Morgan fingerprint density at radius 2 is 0.833 bits per heavy atom. The van der Waals surface area contributed by atoms with E-state index < -0.39 is 16.3 Å². The van der Waals surface area contributed by atoms with Gasteiger partial charge >= 0.3 is 49.5 Å². The van der Waals surface area contributed by atoms with Gasteiger partial charge in [0.25, 0.3) is 0 Å². The van der Waals surface area contributed by atoms with Crippen LogP contribution in [0.2, 0.25) is 0 Å². The van der Waals surface area contributed by atoms with Crippen LogP contribution < -0.4 is 6.15 Å². The van der Waals surface area contributed by atoms with Crippen LogP contribution in [0.3, 0.4) is 0 Å². The summed E-state index contributed by atoms with van der Waals surface area (Å²) in [6.45, 7) is 0. The van der Waals surface area contributed by atoms with Crippen LogP contribution in [0.5, 0.6) is 0 Å². The van der Waals surface area contributed by atoms with Gasteiger partial charge in [0.15, 0.2) is 0 Å². The van der Waals surface area contributed by atoms with Gasteiger partial charge in [-0.2, -0.15) is 0 Å². The van der Waals surface area contributed by atoms with E-state index in [2.05, 4.69) is 0 Å². The molecule has 6 heteroatoms. The van der Waals surface area contributed by atoms with Crippen LogP contribution in [0.1, 0.15) is 0 Å². The van der Waals surface area contributed by atoms with Crippen LogP contribution in [0.15, 0.2) is 0 Å². The molecule has 6 heavy (non-hydrogen) atoms. The molecule has 0 aromatic rings. The minimum absolute atomic E-state index is 0. The summed E-state index contributed by atoms with van der Waals surface area (Å²) in [6, 6.07) is 0. The molecule has 40 valence electrons. The second-order valence-corrected chi connectivity index (χ2v) is 33.8. The van der Waals surface area contributed by atoms with Crippen molar-refractivity contribution < 1.29 is 0 Å². The van der Waals surface area contributed by atoms with E-state index in [4.69, 9.17) is 33.3 Å². The second-order valence-electron chi connectivity index (χ2n) is 0.429. The summed E-state index contributed by atoms with van der Waals surface area (Å²) in [7, 11) is 20.2. The number of halogens is 4. The molecule has 0 rings (SSSR count). The van der Waals surface area contributed by atoms with Crippen molar-refractivity contribution in [3.8, 4) is 0 Å². The third-order valence-electron chi connectivity index (χ3n) is 0. The maximum absolute atomic E-state index is 5.05.